The van der Waals surface area contributed by atoms with Crippen molar-refractivity contribution in [3.63, 3.8) is 0 Å². The molecule has 1 saturated heterocycles. The smallest absolute Gasteiger partial charge is 0.0832 e. The fourth-order valence-electron chi connectivity index (χ4n) is 0.983. The van der Waals surface area contributed by atoms with Crippen molar-refractivity contribution < 1.29 is 9.84 Å². The summed E-state index contributed by atoms with van der Waals surface area (Å²) < 4.78 is 5.16. The molecule has 0 bridgehead atoms. The van der Waals surface area contributed by atoms with Crippen LogP contribution in [0.4, 0.5) is 0 Å². The van der Waals surface area contributed by atoms with Gasteiger partial charge in [-0.3, -0.25) is 0 Å². The summed E-state index contributed by atoms with van der Waals surface area (Å²) in [6.07, 6.45) is 1.97. The molecular weight excluding hydrogens is 104 g/mol. The normalized spacial score (nSPS) is 33.0. The van der Waals surface area contributed by atoms with Gasteiger partial charge in [0.25, 0.3) is 0 Å². The summed E-state index contributed by atoms with van der Waals surface area (Å²) in [5.74, 6) is 0. The van der Waals surface area contributed by atoms with E-state index in [2.05, 4.69) is 0 Å². The summed E-state index contributed by atoms with van der Waals surface area (Å²) in [6.45, 7) is 2.60. The zero-order chi connectivity index (χ0) is 5.98. The lowest BCUT2D eigenvalue weighted by molar-refractivity contribution is 0.00856. The summed E-state index contributed by atoms with van der Waals surface area (Å²) in [5.41, 5.74) is 0. The molecule has 2 unspecified atom stereocenters. The first-order valence-electron chi connectivity index (χ1n) is 3.10. The third-order valence-corrected chi connectivity index (χ3v) is 1.50. The van der Waals surface area contributed by atoms with Gasteiger partial charge in [-0.1, -0.05) is 0 Å². The fourth-order valence-corrected chi connectivity index (χ4v) is 0.983. The van der Waals surface area contributed by atoms with E-state index >= 15 is 0 Å². The van der Waals surface area contributed by atoms with Crippen molar-refractivity contribution in [1.82, 2.24) is 0 Å². The van der Waals surface area contributed by atoms with Gasteiger partial charge in [-0.05, 0) is 19.8 Å². The number of aliphatic hydroxyl groups excluding tert-OH is 1. The van der Waals surface area contributed by atoms with Gasteiger partial charge in [0.05, 0.1) is 12.2 Å². The van der Waals surface area contributed by atoms with Gasteiger partial charge < -0.3 is 9.84 Å². The molecule has 0 aliphatic carbocycles. The van der Waals surface area contributed by atoms with Crippen LogP contribution >= 0.6 is 0 Å². The maximum Gasteiger partial charge on any atom is 0.0832 e. The molecule has 2 nitrogen and oxygen atoms in total. The lowest BCUT2D eigenvalue weighted by atomic mass is 10.2. The van der Waals surface area contributed by atoms with Crippen molar-refractivity contribution in [1.29, 1.82) is 0 Å². The van der Waals surface area contributed by atoms with E-state index in [1.54, 1.807) is 6.92 Å². The van der Waals surface area contributed by atoms with Crippen LogP contribution in [0.1, 0.15) is 19.8 Å². The molecule has 1 rings (SSSR count). The highest BCUT2D eigenvalue weighted by Crippen LogP contribution is 2.14. The molecule has 2 atom stereocenters. The van der Waals surface area contributed by atoms with Crippen molar-refractivity contribution in [3.8, 4) is 0 Å². The molecular formula is C6H12O2. The molecule has 0 aromatic heterocycles. The molecule has 0 spiro atoms. The highest BCUT2D eigenvalue weighted by atomic mass is 16.5. The molecule has 2 heteroatoms. The van der Waals surface area contributed by atoms with Crippen LogP contribution in [0.3, 0.4) is 0 Å². The molecule has 1 aliphatic rings. The fraction of sp³-hybridized carbons (Fsp3) is 1.00. The molecule has 0 aromatic rings. The van der Waals surface area contributed by atoms with Gasteiger partial charge in [-0.2, -0.15) is 0 Å². The van der Waals surface area contributed by atoms with Crippen molar-refractivity contribution in [2.45, 2.75) is 32.0 Å². The van der Waals surface area contributed by atoms with Crippen LogP contribution in [0.2, 0.25) is 0 Å². The highest BCUT2D eigenvalue weighted by molar-refractivity contribution is 4.68. The van der Waals surface area contributed by atoms with Crippen molar-refractivity contribution >= 4 is 0 Å². The van der Waals surface area contributed by atoms with Crippen molar-refractivity contribution in [2.75, 3.05) is 6.61 Å². The van der Waals surface area contributed by atoms with Crippen LogP contribution in [0, 0.1) is 0 Å². The minimum absolute atomic E-state index is 0.120. The number of ether oxygens (including phenoxy) is 1. The Bertz CT molecular complexity index is 64.9. The van der Waals surface area contributed by atoms with Crippen LogP contribution in [-0.4, -0.2) is 23.9 Å². The average Bonchev–Trinajstić information content (AvgIpc) is 2.12. The maximum absolute atomic E-state index is 8.93. The van der Waals surface area contributed by atoms with Gasteiger partial charge in [-0.25, -0.2) is 0 Å². The molecule has 1 N–H and O–H groups in total. The van der Waals surface area contributed by atoms with Gasteiger partial charge >= 0.3 is 0 Å². The summed E-state index contributed by atoms with van der Waals surface area (Å²) in [4.78, 5) is 0. The van der Waals surface area contributed by atoms with Crippen LogP contribution in [-0.2, 0) is 4.74 Å². The Balaban J connectivity index is 2.24. The average molecular weight is 116 g/mol. The van der Waals surface area contributed by atoms with E-state index < -0.39 is 0 Å². The minimum atomic E-state index is -0.280. The zero-order valence-electron chi connectivity index (χ0n) is 5.13. The quantitative estimate of drug-likeness (QED) is 0.542. The van der Waals surface area contributed by atoms with E-state index in [-0.39, 0.29) is 12.2 Å². The second kappa shape index (κ2) is 2.46. The first-order valence-corrected chi connectivity index (χ1v) is 3.10. The standard InChI is InChI=1S/C6H12O2/c1-5(7)6-3-2-4-8-6/h5-7H,2-4H2,1H3. The Hall–Kier alpha value is -0.0800. The first-order chi connectivity index (χ1) is 3.80. The van der Waals surface area contributed by atoms with Gasteiger partial charge in [0, 0.05) is 6.61 Å². The Morgan fingerprint density at radius 2 is 2.50 bits per heavy atom. The second-order valence-electron chi connectivity index (χ2n) is 2.29. The van der Waals surface area contributed by atoms with Crippen molar-refractivity contribution in [2.24, 2.45) is 0 Å². The van der Waals surface area contributed by atoms with E-state index in [0.717, 1.165) is 19.4 Å². The lowest BCUT2D eigenvalue weighted by Crippen LogP contribution is -2.20. The van der Waals surface area contributed by atoms with Crippen LogP contribution in [0.5, 0.6) is 0 Å². The predicted molar refractivity (Wildman–Crippen MR) is 30.7 cm³/mol. The largest absolute Gasteiger partial charge is 0.391 e. The molecule has 0 radical (unpaired) electrons. The number of rotatable bonds is 1. The number of aliphatic hydroxyl groups is 1. The first kappa shape index (κ1) is 6.05. The second-order valence-corrected chi connectivity index (χ2v) is 2.29. The summed E-state index contributed by atoms with van der Waals surface area (Å²) in [6, 6.07) is 0. The summed E-state index contributed by atoms with van der Waals surface area (Å²) in [5, 5.41) is 8.93. The van der Waals surface area contributed by atoms with Gasteiger partial charge in [0.2, 0.25) is 0 Å². The molecule has 0 amide bonds. The zero-order valence-corrected chi connectivity index (χ0v) is 5.13. The van der Waals surface area contributed by atoms with E-state index in [1.807, 2.05) is 0 Å². The Morgan fingerprint density at radius 1 is 1.75 bits per heavy atom. The van der Waals surface area contributed by atoms with Crippen molar-refractivity contribution in [3.05, 3.63) is 0 Å². The highest BCUT2D eigenvalue weighted by Gasteiger charge is 2.19. The third kappa shape index (κ3) is 1.20. The Kier molecular flexibility index (Phi) is 1.86. The maximum atomic E-state index is 8.93. The predicted octanol–water partition coefficient (Wildman–Crippen LogP) is 0.546. The molecule has 48 valence electrons. The minimum Gasteiger partial charge on any atom is -0.391 e. The number of hydrogen-bond donors (Lipinski definition) is 1. The third-order valence-electron chi connectivity index (χ3n) is 1.50. The Labute approximate surface area is 49.5 Å². The molecule has 1 fully saturated rings. The molecule has 0 saturated carbocycles. The van der Waals surface area contributed by atoms with E-state index in [1.165, 1.54) is 0 Å². The van der Waals surface area contributed by atoms with E-state index in [0.29, 0.717) is 0 Å². The van der Waals surface area contributed by atoms with Gasteiger partial charge in [0.1, 0.15) is 0 Å². The SMILES string of the molecule is CC(O)C1CCCO1. The van der Waals surface area contributed by atoms with E-state index in [4.69, 9.17) is 9.84 Å². The van der Waals surface area contributed by atoms with Gasteiger partial charge in [-0.15, -0.1) is 0 Å². The Morgan fingerprint density at radius 3 is 2.75 bits per heavy atom. The monoisotopic (exact) mass is 116 g/mol. The summed E-state index contributed by atoms with van der Waals surface area (Å²) >= 11 is 0. The topological polar surface area (TPSA) is 29.5 Å². The van der Waals surface area contributed by atoms with Crippen LogP contribution in [0.15, 0.2) is 0 Å². The van der Waals surface area contributed by atoms with Crippen LogP contribution < -0.4 is 0 Å². The number of hydrogen-bond acceptors (Lipinski definition) is 2. The van der Waals surface area contributed by atoms with Crippen LogP contribution in [0.25, 0.3) is 0 Å². The summed E-state index contributed by atoms with van der Waals surface area (Å²) in [7, 11) is 0. The molecule has 8 heavy (non-hydrogen) atoms. The van der Waals surface area contributed by atoms with E-state index in [9.17, 15) is 0 Å². The molecule has 0 aromatic carbocycles. The molecule has 1 aliphatic heterocycles. The van der Waals surface area contributed by atoms with Gasteiger partial charge in [0.15, 0.2) is 0 Å². The molecule has 1 heterocycles. The lowest BCUT2D eigenvalue weighted by Gasteiger charge is -2.10.